The Morgan fingerprint density at radius 3 is 2.66 bits per heavy atom. The fourth-order valence-corrected chi connectivity index (χ4v) is 4.53. The molecule has 0 atom stereocenters. The van der Waals surface area contributed by atoms with E-state index >= 15 is 0 Å². The molecule has 1 fully saturated rings. The van der Waals surface area contributed by atoms with Gasteiger partial charge in [0.25, 0.3) is 5.91 Å². The molecule has 1 aliphatic heterocycles. The zero-order valence-corrected chi connectivity index (χ0v) is 18.8. The van der Waals surface area contributed by atoms with Crippen LogP contribution in [0.15, 0.2) is 46.5 Å². The summed E-state index contributed by atoms with van der Waals surface area (Å²) >= 11 is 1.56. The first-order valence-electron chi connectivity index (χ1n) is 9.89. The number of ether oxygens (including phenoxy) is 1. The Morgan fingerprint density at radius 1 is 1.47 bits per heavy atom. The van der Waals surface area contributed by atoms with E-state index in [0.29, 0.717) is 38.0 Å². The Kier molecular flexibility index (Phi) is 8.72. The quantitative estimate of drug-likeness (QED) is 0.122. The number of alkyl halides is 3. The second-order valence-corrected chi connectivity index (χ2v) is 8.20. The smallest absolute Gasteiger partial charge is 0.408 e. The molecule has 7 nitrogen and oxygen atoms in total. The van der Waals surface area contributed by atoms with Crippen LogP contribution >= 0.6 is 11.3 Å². The van der Waals surface area contributed by atoms with Crippen molar-refractivity contribution in [2.24, 2.45) is 4.99 Å². The Balaban J connectivity index is 2.16. The van der Waals surface area contributed by atoms with Crippen molar-refractivity contribution in [2.75, 3.05) is 33.3 Å². The van der Waals surface area contributed by atoms with Crippen molar-refractivity contribution >= 4 is 23.2 Å². The van der Waals surface area contributed by atoms with Gasteiger partial charge in [0.2, 0.25) is 5.96 Å². The van der Waals surface area contributed by atoms with Gasteiger partial charge in [-0.05, 0) is 31.2 Å². The average Bonchev–Trinajstić information content (AvgIpc) is 3.31. The summed E-state index contributed by atoms with van der Waals surface area (Å²) in [5, 5.41) is 16.1. The van der Waals surface area contributed by atoms with Crippen LogP contribution in [0.2, 0.25) is 0 Å². The van der Waals surface area contributed by atoms with Crippen LogP contribution in [-0.2, 0) is 14.9 Å². The number of carbonyl (C=O) groups is 1. The molecule has 0 unspecified atom stereocenters. The first-order chi connectivity index (χ1) is 15.2. The molecule has 0 spiro atoms. The third-order valence-corrected chi connectivity index (χ3v) is 6.42. The second-order valence-electron chi connectivity index (χ2n) is 7.25. The zero-order chi connectivity index (χ0) is 23.8. The molecule has 0 saturated carbocycles. The van der Waals surface area contributed by atoms with E-state index in [2.05, 4.69) is 22.2 Å². The van der Waals surface area contributed by atoms with Crippen LogP contribution in [0.4, 0.5) is 13.2 Å². The molecule has 32 heavy (non-hydrogen) atoms. The molecule has 11 heteroatoms. The molecule has 174 valence electrons. The molecule has 1 aliphatic rings. The van der Waals surface area contributed by atoms with Gasteiger partial charge < -0.3 is 15.0 Å². The van der Waals surface area contributed by atoms with Crippen LogP contribution in [0, 0.1) is 11.5 Å². The molecule has 2 rings (SSSR count). The van der Waals surface area contributed by atoms with E-state index < -0.39 is 18.1 Å². The molecule has 0 bridgehead atoms. The number of methoxy groups -OCH3 is 1. The SMILES string of the molecule is C=C(OC)/C(=C\C)C(=O)NCC1(c2cccs2)CCN(C(=NCC(F)(F)F)NC#N)CC1. The first kappa shape index (κ1) is 25.3. The molecule has 0 aliphatic carbocycles. The lowest BCUT2D eigenvalue weighted by atomic mass is 9.77. The van der Waals surface area contributed by atoms with E-state index in [0.717, 1.165) is 4.88 Å². The summed E-state index contributed by atoms with van der Waals surface area (Å²) in [6, 6.07) is 3.91. The number of thiophene rings is 1. The minimum absolute atomic E-state index is 0.0961. The summed E-state index contributed by atoms with van der Waals surface area (Å²) in [5.41, 5.74) is -0.0545. The summed E-state index contributed by atoms with van der Waals surface area (Å²) in [4.78, 5) is 18.9. The van der Waals surface area contributed by atoms with Gasteiger partial charge >= 0.3 is 6.18 Å². The number of hydrogen-bond acceptors (Lipinski definition) is 5. The highest BCUT2D eigenvalue weighted by Gasteiger charge is 2.39. The summed E-state index contributed by atoms with van der Waals surface area (Å²) in [6.07, 6.45) is -0.0655. The molecule has 2 heterocycles. The van der Waals surface area contributed by atoms with Crippen molar-refractivity contribution < 1.29 is 22.7 Å². The van der Waals surface area contributed by atoms with E-state index in [1.54, 1.807) is 35.4 Å². The molecule has 1 amide bonds. The van der Waals surface area contributed by atoms with Crippen LogP contribution in [0.5, 0.6) is 0 Å². The molecule has 0 radical (unpaired) electrons. The summed E-state index contributed by atoms with van der Waals surface area (Å²) < 4.78 is 42.8. The maximum Gasteiger partial charge on any atom is 0.408 e. The highest BCUT2D eigenvalue weighted by Crippen LogP contribution is 2.38. The van der Waals surface area contributed by atoms with Gasteiger partial charge in [0.1, 0.15) is 12.3 Å². The lowest BCUT2D eigenvalue weighted by Crippen LogP contribution is -2.52. The van der Waals surface area contributed by atoms with Crippen LogP contribution in [0.25, 0.3) is 0 Å². The fraction of sp³-hybridized carbons (Fsp3) is 0.476. The third kappa shape index (κ3) is 6.50. The third-order valence-electron chi connectivity index (χ3n) is 5.31. The van der Waals surface area contributed by atoms with Gasteiger partial charge in [0.15, 0.2) is 6.19 Å². The minimum atomic E-state index is -4.46. The summed E-state index contributed by atoms with van der Waals surface area (Å²) in [7, 11) is 1.44. The Bertz CT molecular complexity index is 896. The number of nitrogens with zero attached hydrogens (tertiary/aromatic N) is 3. The van der Waals surface area contributed by atoms with Crippen molar-refractivity contribution in [3.05, 3.63) is 46.4 Å². The van der Waals surface area contributed by atoms with Crippen LogP contribution < -0.4 is 10.6 Å². The topological polar surface area (TPSA) is 89.8 Å². The highest BCUT2D eigenvalue weighted by molar-refractivity contribution is 7.10. The van der Waals surface area contributed by atoms with Gasteiger partial charge in [-0.1, -0.05) is 18.7 Å². The molecule has 1 aromatic rings. The number of nitriles is 1. The number of rotatable bonds is 7. The Hall–Kier alpha value is -3.00. The van der Waals surface area contributed by atoms with Crippen LogP contribution in [-0.4, -0.2) is 56.2 Å². The van der Waals surface area contributed by atoms with E-state index in [-0.39, 0.29) is 17.6 Å². The van der Waals surface area contributed by atoms with Crippen molar-refractivity contribution in [3.63, 3.8) is 0 Å². The predicted octanol–water partition coefficient (Wildman–Crippen LogP) is 3.29. The van der Waals surface area contributed by atoms with Gasteiger partial charge in [0, 0.05) is 29.9 Å². The van der Waals surface area contributed by atoms with E-state index in [1.165, 1.54) is 7.11 Å². The van der Waals surface area contributed by atoms with Crippen molar-refractivity contribution in [2.45, 2.75) is 31.4 Å². The molecule has 1 aromatic heterocycles. The lowest BCUT2D eigenvalue weighted by molar-refractivity contribution is -0.118. The van der Waals surface area contributed by atoms with E-state index in [1.807, 2.05) is 17.5 Å². The molecule has 1 saturated heterocycles. The molecular weight excluding hydrogens is 443 g/mol. The number of guanidine groups is 1. The highest BCUT2D eigenvalue weighted by atomic mass is 32.1. The van der Waals surface area contributed by atoms with E-state index in [9.17, 15) is 18.0 Å². The minimum Gasteiger partial charge on any atom is -0.497 e. The maximum atomic E-state index is 12.7. The number of piperidine rings is 1. The van der Waals surface area contributed by atoms with Crippen molar-refractivity contribution in [1.82, 2.24) is 15.5 Å². The number of halogens is 3. The normalized spacial score (nSPS) is 16.8. The van der Waals surface area contributed by atoms with Crippen molar-refractivity contribution in [3.8, 4) is 6.19 Å². The second kappa shape index (κ2) is 11.0. The number of aliphatic imine (C=N–C) groups is 1. The van der Waals surface area contributed by atoms with Crippen molar-refractivity contribution in [1.29, 1.82) is 5.26 Å². The molecule has 0 aromatic carbocycles. The maximum absolute atomic E-state index is 12.7. The Morgan fingerprint density at radius 2 is 2.16 bits per heavy atom. The first-order valence-corrected chi connectivity index (χ1v) is 10.8. The largest absolute Gasteiger partial charge is 0.497 e. The van der Waals surface area contributed by atoms with Gasteiger partial charge in [-0.2, -0.15) is 18.4 Å². The number of likely N-dealkylation sites (tertiary alicyclic amines) is 1. The summed E-state index contributed by atoms with van der Waals surface area (Å²) in [6.45, 7) is 5.17. The number of nitrogens with one attached hydrogen (secondary N) is 2. The predicted molar refractivity (Wildman–Crippen MR) is 117 cm³/mol. The molecular formula is C21H26F3N5O2S. The monoisotopic (exact) mass is 469 g/mol. The van der Waals surface area contributed by atoms with Gasteiger partial charge in [-0.3, -0.25) is 10.1 Å². The summed E-state index contributed by atoms with van der Waals surface area (Å²) in [5.74, 6) is -0.143. The molecule has 2 N–H and O–H groups in total. The zero-order valence-electron chi connectivity index (χ0n) is 18.0. The fourth-order valence-electron chi connectivity index (χ4n) is 3.54. The van der Waals surface area contributed by atoms with Crippen LogP contribution in [0.1, 0.15) is 24.6 Å². The number of amides is 1. The van der Waals surface area contributed by atoms with Gasteiger partial charge in [-0.25, -0.2) is 4.99 Å². The Labute approximate surface area is 189 Å². The standard InChI is InChI=1S/C21H26F3N5O2S/c1-4-16(15(2)31-3)18(30)26-12-20(17-6-5-11-32-17)7-9-29(10-8-20)19(28-14-25)27-13-21(22,23)24/h4-6,11H,2,7-10,12-13H2,1,3H3,(H,26,30)(H,27,28)/b16-4+. The van der Waals surface area contributed by atoms with Crippen LogP contribution in [0.3, 0.4) is 0 Å². The van der Waals surface area contributed by atoms with E-state index in [4.69, 9.17) is 10.00 Å². The van der Waals surface area contributed by atoms with Gasteiger partial charge in [0.05, 0.1) is 12.7 Å². The number of carbonyl (C=O) groups excluding carboxylic acids is 1. The number of hydrogen-bond donors (Lipinski definition) is 2. The number of allylic oxidation sites excluding steroid dienone is 1. The lowest BCUT2D eigenvalue weighted by Gasteiger charge is -2.42. The van der Waals surface area contributed by atoms with Gasteiger partial charge in [-0.15, -0.1) is 11.3 Å². The average molecular weight is 470 g/mol.